The van der Waals surface area contributed by atoms with E-state index in [0.29, 0.717) is 0 Å². The number of aromatic nitrogens is 2. The van der Waals surface area contributed by atoms with Crippen molar-refractivity contribution in [2.75, 3.05) is 6.54 Å². The maximum atomic E-state index is 5.33. The van der Waals surface area contributed by atoms with Gasteiger partial charge in [0.1, 0.15) is 0 Å². The second-order valence-electron chi connectivity index (χ2n) is 4.75. The Hall–Kier alpha value is -1.33. The summed E-state index contributed by atoms with van der Waals surface area (Å²) in [4.78, 5) is 5.75. The fraction of sp³-hybridized carbons (Fsp3) is 0.429. The van der Waals surface area contributed by atoms with Crippen molar-refractivity contribution in [2.24, 2.45) is 0 Å². The fourth-order valence-electron chi connectivity index (χ4n) is 2.22. The van der Waals surface area contributed by atoms with Crippen LogP contribution in [0.15, 0.2) is 33.7 Å². The minimum atomic E-state index is 0.254. The van der Waals surface area contributed by atoms with E-state index in [1.54, 1.807) is 11.8 Å². The van der Waals surface area contributed by atoms with Crippen molar-refractivity contribution in [2.45, 2.75) is 36.5 Å². The quantitative estimate of drug-likeness (QED) is 0.869. The summed E-state index contributed by atoms with van der Waals surface area (Å²) in [6.45, 7) is 3.16. The Bertz CT molecular complexity index is 549. The molecule has 100 valence electrons. The smallest absolute Gasteiger partial charge is 0.243 e. The maximum Gasteiger partial charge on any atom is 0.243 e. The lowest BCUT2D eigenvalue weighted by Gasteiger charge is -2.02. The van der Waals surface area contributed by atoms with E-state index >= 15 is 0 Å². The number of hydrogen-bond donors (Lipinski definition) is 1. The molecule has 0 amide bonds. The SMILES string of the molecule is Cc1ccccc1SCc1noc([C@@H]2CCCN2)n1. The molecule has 0 aliphatic carbocycles. The highest BCUT2D eigenvalue weighted by Gasteiger charge is 2.22. The standard InChI is InChI=1S/C14H17N3OS/c1-10-5-2-3-7-12(10)19-9-13-16-14(18-17-13)11-6-4-8-15-11/h2-3,5,7,11,15H,4,6,8-9H2,1H3/t11-/m0/s1. The first kappa shape index (κ1) is 12.7. The Morgan fingerprint density at radius 1 is 1.42 bits per heavy atom. The van der Waals surface area contributed by atoms with E-state index in [-0.39, 0.29) is 6.04 Å². The molecular weight excluding hydrogens is 258 g/mol. The van der Waals surface area contributed by atoms with Crippen molar-refractivity contribution in [1.82, 2.24) is 15.5 Å². The average molecular weight is 275 g/mol. The molecular formula is C14H17N3OS. The van der Waals surface area contributed by atoms with Gasteiger partial charge in [0.2, 0.25) is 5.89 Å². The van der Waals surface area contributed by atoms with Gasteiger partial charge in [0.15, 0.2) is 5.82 Å². The lowest BCUT2D eigenvalue weighted by molar-refractivity contribution is 0.342. The molecule has 1 aromatic carbocycles. The number of thioether (sulfide) groups is 1. The number of rotatable bonds is 4. The molecule has 2 heterocycles. The summed E-state index contributed by atoms with van der Waals surface area (Å²) in [7, 11) is 0. The van der Waals surface area contributed by atoms with E-state index in [1.807, 2.05) is 0 Å². The van der Waals surface area contributed by atoms with Crippen LogP contribution in [-0.4, -0.2) is 16.7 Å². The molecule has 1 aliphatic rings. The van der Waals surface area contributed by atoms with Crippen LogP contribution in [-0.2, 0) is 5.75 Å². The third kappa shape index (κ3) is 2.98. The Morgan fingerprint density at radius 3 is 3.11 bits per heavy atom. The summed E-state index contributed by atoms with van der Waals surface area (Å²) in [5.74, 6) is 2.26. The lowest BCUT2D eigenvalue weighted by Crippen LogP contribution is -2.13. The summed E-state index contributed by atoms with van der Waals surface area (Å²) in [5, 5.41) is 7.42. The van der Waals surface area contributed by atoms with E-state index in [0.717, 1.165) is 30.4 Å². The lowest BCUT2D eigenvalue weighted by atomic mass is 10.2. The molecule has 1 N–H and O–H groups in total. The number of nitrogens with zero attached hydrogens (tertiary/aromatic N) is 2. The molecule has 1 aromatic heterocycles. The summed E-state index contributed by atoms with van der Waals surface area (Å²) in [6.07, 6.45) is 2.27. The van der Waals surface area contributed by atoms with E-state index < -0.39 is 0 Å². The van der Waals surface area contributed by atoms with Gasteiger partial charge in [-0.2, -0.15) is 4.98 Å². The first-order valence-electron chi connectivity index (χ1n) is 6.57. The van der Waals surface area contributed by atoms with E-state index in [4.69, 9.17) is 4.52 Å². The van der Waals surface area contributed by atoms with E-state index in [9.17, 15) is 0 Å². The Morgan fingerprint density at radius 2 is 2.32 bits per heavy atom. The maximum absolute atomic E-state index is 5.33. The van der Waals surface area contributed by atoms with Gasteiger partial charge in [0.25, 0.3) is 0 Å². The molecule has 0 saturated carbocycles. The highest BCUT2D eigenvalue weighted by molar-refractivity contribution is 7.98. The molecule has 0 radical (unpaired) electrons. The van der Waals surface area contributed by atoms with Crippen LogP contribution >= 0.6 is 11.8 Å². The minimum Gasteiger partial charge on any atom is -0.338 e. The zero-order valence-electron chi connectivity index (χ0n) is 10.9. The monoisotopic (exact) mass is 275 g/mol. The molecule has 5 heteroatoms. The zero-order chi connectivity index (χ0) is 13.1. The third-order valence-electron chi connectivity index (χ3n) is 3.29. The topological polar surface area (TPSA) is 51.0 Å². The molecule has 0 spiro atoms. The molecule has 0 bridgehead atoms. The Kier molecular flexibility index (Phi) is 3.84. The molecule has 1 aliphatic heterocycles. The van der Waals surface area contributed by atoms with Crippen LogP contribution in [0.1, 0.15) is 36.2 Å². The van der Waals surface area contributed by atoms with Crippen molar-refractivity contribution >= 4 is 11.8 Å². The molecule has 19 heavy (non-hydrogen) atoms. The van der Waals surface area contributed by atoms with Crippen molar-refractivity contribution in [3.63, 3.8) is 0 Å². The van der Waals surface area contributed by atoms with Crippen molar-refractivity contribution in [3.8, 4) is 0 Å². The number of hydrogen-bond acceptors (Lipinski definition) is 5. The van der Waals surface area contributed by atoms with Crippen LogP contribution in [0.5, 0.6) is 0 Å². The molecule has 1 atom stereocenters. The van der Waals surface area contributed by atoms with Gasteiger partial charge in [0, 0.05) is 4.90 Å². The van der Waals surface area contributed by atoms with Gasteiger partial charge in [-0.05, 0) is 37.9 Å². The normalized spacial score (nSPS) is 18.9. The predicted octanol–water partition coefficient (Wildman–Crippen LogP) is 3.09. The summed E-state index contributed by atoms with van der Waals surface area (Å²) in [5.41, 5.74) is 1.29. The minimum absolute atomic E-state index is 0.254. The van der Waals surface area contributed by atoms with Crippen LogP contribution < -0.4 is 5.32 Å². The Labute approximate surface area is 117 Å². The van der Waals surface area contributed by atoms with Gasteiger partial charge < -0.3 is 9.84 Å². The van der Waals surface area contributed by atoms with Crippen molar-refractivity contribution < 1.29 is 4.52 Å². The molecule has 2 aromatic rings. The second-order valence-corrected chi connectivity index (χ2v) is 5.77. The summed E-state index contributed by atoms with van der Waals surface area (Å²) in [6, 6.07) is 8.60. The summed E-state index contributed by atoms with van der Waals surface area (Å²) >= 11 is 1.75. The van der Waals surface area contributed by atoms with Gasteiger partial charge in [-0.3, -0.25) is 0 Å². The van der Waals surface area contributed by atoms with Gasteiger partial charge >= 0.3 is 0 Å². The second kappa shape index (κ2) is 5.75. The van der Waals surface area contributed by atoms with Crippen LogP contribution in [0.3, 0.4) is 0 Å². The average Bonchev–Trinajstić information content (AvgIpc) is 3.09. The fourth-order valence-corrected chi connectivity index (χ4v) is 3.10. The van der Waals surface area contributed by atoms with Crippen LogP contribution in [0.25, 0.3) is 0 Å². The molecule has 4 nitrogen and oxygen atoms in total. The van der Waals surface area contributed by atoms with Gasteiger partial charge in [-0.1, -0.05) is 23.4 Å². The first-order chi connectivity index (χ1) is 9.33. The van der Waals surface area contributed by atoms with Gasteiger partial charge in [0.05, 0.1) is 11.8 Å². The molecule has 3 rings (SSSR count). The predicted molar refractivity (Wildman–Crippen MR) is 75.0 cm³/mol. The number of nitrogens with one attached hydrogen (secondary N) is 1. The van der Waals surface area contributed by atoms with Gasteiger partial charge in [-0.15, -0.1) is 11.8 Å². The first-order valence-corrected chi connectivity index (χ1v) is 7.56. The highest BCUT2D eigenvalue weighted by Crippen LogP contribution is 2.26. The van der Waals surface area contributed by atoms with Crippen molar-refractivity contribution in [1.29, 1.82) is 0 Å². The molecule has 0 unspecified atom stereocenters. The molecule has 1 fully saturated rings. The van der Waals surface area contributed by atoms with Crippen LogP contribution in [0.4, 0.5) is 0 Å². The van der Waals surface area contributed by atoms with Gasteiger partial charge in [-0.25, -0.2) is 0 Å². The Balaban J connectivity index is 1.63. The zero-order valence-corrected chi connectivity index (χ0v) is 11.7. The van der Waals surface area contributed by atoms with E-state index in [1.165, 1.54) is 16.9 Å². The largest absolute Gasteiger partial charge is 0.338 e. The number of aryl methyl sites for hydroxylation is 1. The van der Waals surface area contributed by atoms with Crippen molar-refractivity contribution in [3.05, 3.63) is 41.5 Å². The third-order valence-corrected chi connectivity index (χ3v) is 4.46. The number of benzene rings is 1. The van der Waals surface area contributed by atoms with Crippen LogP contribution in [0.2, 0.25) is 0 Å². The molecule has 1 saturated heterocycles. The summed E-state index contributed by atoms with van der Waals surface area (Å²) < 4.78 is 5.33. The van der Waals surface area contributed by atoms with Crippen LogP contribution in [0, 0.1) is 6.92 Å². The van der Waals surface area contributed by atoms with E-state index in [2.05, 4.69) is 46.6 Å². The highest BCUT2D eigenvalue weighted by atomic mass is 32.2.